The van der Waals surface area contributed by atoms with Crippen LogP contribution < -0.4 is 4.90 Å². The van der Waals surface area contributed by atoms with Crippen LogP contribution in [0.25, 0.3) is 0 Å². The van der Waals surface area contributed by atoms with Gasteiger partial charge in [-0.15, -0.1) is 0 Å². The van der Waals surface area contributed by atoms with Crippen molar-refractivity contribution in [1.29, 1.82) is 0 Å². The summed E-state index contributed by atoms with van der Waals surface area (Å²) in [6.45, 7) is 8.77. The molecular formula is C21H29N5O3. The predicted molar refractivity (Wildman–Crippen MR) is 110 cm³/mol. The zero-order valence-corrected chi connectivity index (χ0v) is 17.6. The molecule has 1 saturated heterocycles. The van der Waals surface area contributed by atoms with Crippen molar-refractivity contribution in [3.8, 4) is 0 Å². The van der Waals surface area contributed by atoms with E-state index >= 15 is 0 Å². The number of carbonyl (C=O) groups is 2. The fourth-order valence-corrected chi connectivity index (χ4v) is 3.89. The van der Waals surface area contributed by atoms with E-state index < -0.39 is 0 Å². The predicted octanol–water partition coefficient (Wildman–Crippen LogP) is 1.89. The van der Waals surface area contributed by atoms with Crippen LogP contribution >= 0.6 is 0 Å². The van der Waals surface area contributed by atoms with Crippen LogP contribution in [-0.2, 0) is 23.0 Å². The van der Waals surface area contributed by atoms with Gasteiger partial charge >= 0.3 is 5.97 Å². The maximum absolute atomic E-state index is 12.7. The number of esters is 1. The Kier molecular flexibility index (Phi) is 6.51. The number of nitrogens with zero attached hydrogens (tertiary/aromatic N) is 5. The first kappa shape index (κ1) is 20.8. The lowest BCUT2D eigenvalue weighted by atomic mass is 10.1. The van der Waals surface area contributed by atoms with Crippen LogP contribution in [0, 0.1) is 13.8 Å². The van der Waals surface area contributed by atoms with Crippen LogP contribution in [0.4, 0.5) is 5.95 Å². The molecule has 156 valence electrons. The number of piperazine rings is 1. The van der Waals surface area contributed by atoms with Gasteiger partial charge in [0.25, 0.3) is 0 Å². The first-order chi connectivity index (χ1) is 13.9. The molecule has 8 nitrogen and oxygen atoms in total. The zero-order chi connectivity index (χ0) is 21.0. The summed E-state index contributed by atoms with van der Waals surface area (Å²) in [4.78, 5) is 37.5. The maximum atomic E-state index is 12.7. The summed E-state index contributed by atoms with van der Waals surface area (Å²) in [6.07, 6.45) is 4.48. The van der Waals surface area contributed by atoms with Gasteiger partial charge in [-0.3, -0.25) is 4.79 Å². The lowest BCUT2D eigenvalue weighted by molar-refractivity contribution is -0.131. The quantitative estimate of drug-likeness (QED) is 0.690. The third-order valence-corrected chi connectivity index (χ3v) is 5.60. The Morgan fingerprint density at radius 1 is 1.10 bits per heavy atom. The van der Waals surface area contributed by atoms with Gasteiger partial charge in [0.05, 0.1) is 12.2 Å². The summed E-state index contributed by atoms with van der Waals surface area (Å²) in [5, 5.41) is 0. The molecule has 0 radical (unpaired) electrons. The molecule has 2 aromatic heterocycles. The highest BCUT2D eigenvalue weighted by Crippen LogP contribution is 2.23. The smallest absolute Gasteiger partial charge is 0.340 e. The third-order valence-electron chi connectivity index (χ3n) is 5.60. The van der Waals surface area contributed by atoms with Crippen molar-refractivity contribution >= 4 is 17.8 Å². The summed E-state index contributed by atoms with van der Waals surface area (Å²) in [5.41, 5.74) is 3.41. The monoisotopic (exact) mass is 399 g/mol. The van der Waals surface area contributed by atoms with Crippen LogP contribution in [0.2, 0.25) is 0 Å². The minimum atomic E-state index is -0.296. The minimum absolute atomic E-state index is 0.134. The zero-order valence-electron chi connectivity index (χ0n) is 17.6. The van der Waals surface area contributed by atoms with Gasteiger partial charge in [-0.25, -0.2) is 14.8 Å². The van der Waals surface area contributed by atoms with Crippen LogP contribution in [0.1, 0.15) is 40.7 Å². The van der Waals surface area contributed by atoms with Gasteiger partial charge in [-0.2, -0.15) is 0 Å². The molecule has 0 saturated carbocycles. The van der Waals surface area contributed by atoms with E-state index in [1.807, 2.05) is 30.4 Å². The molecule has 3 heterocycles. The number of carbonyl (C=O) groups excluding carboxylic acids is 2. The molecule has 3 rings (SSSR count). The minimum Gasteiger partial charge on any atom is -0.462 e. The number of ether oxygens (including phenoxy) is 1. The molecule has 1 amide bonds. The highest BCUT2D eigenvalue weighted by molar-refractivity contribution is 5.93. The lowest BCUT2D eigenvalue weighted by Gasteiger charge is -2.34. The number of anilines is 1. The molecule has 0 atom stereocenters. The molecule has 0 spiro atoms. The summed E-state index contributed by atoms with van der Waals surface area (Å²) in [6, 6.07) is 1.80. The van der Waals surface area contributed by atoms with Gasteiger partial charge in [0.15, 0.2) is 0 Å². The van der Waals surface area contributed by atoms with E-state index in [9.17, 15) is 9.59 Å². The molecular weight excluding hydrogens is 370 g/mol. The molecule has 29 heavy (non-hydrogen) atoms. The molecule has 0 aromatic carbocycles. The first-order valence-corrected chi connectivity index (χ1v) is 10.1. The van der Waals surface area contributed by atoms with E-state index in [1.165, 1.54) is 0 Å². The highest BCUT2D eigenvalue weighted by atomic mass is 16.5. The molecule has 8 heteroatoms. The van der Waals surface area contributed by atoms with Crippen LogP contribution in [0.3, 0.4) is 0 Å². The van der Waals surface area contributed by atoms with Gasteiger partial charge in [-0.05, 0) is 38.8 Å². The van der Waals surface area contributed by atoms with Crippen LogP contribution in [0.5, 0.6) is 0 Å². The number of rotatable bonds is 6. The Morgan fingerprint density at radius 3 is 2.38 bits per heavy atom. The number of amides is 1. The average molecular weight is 399 g/mol. The fraction of sp³-hybridized carbons (Fsp3) is 0.524. The SMILES string of the molecule is CCOC(=O)c1c(C)c(CCC(=O)N2CCN(c3ncccn3)CC2)n(C)c1C. The molecule has 0 aliphatic carbocycles. The van der Waals surface area contributed by atoms with Crippen molar-refractivity contribution in [2.75, 3.05) is 37.7 Å². The van der Waals surface area contributed by atoms with Crippen LogP contribution in [-0.4, -0.2) is 64.1 Å². The van der Waals surface area contributed by atoms with E-state index in [-0.39, 0.29) is 11.9 Å². The third kappa shape index (κ3) is 4.41. The first-order valence-electron chi connectivity index (χ1n) is 10.1. The normalized spacial score (nSPS) is 14.2. The highest BCUT2D eigenvalue weighted by Gasteiger charge is 2.25. The second kappa shape index (κ2) is 9.07. The Bertz CT molecular complexity index is 870. The van der Waals surface area contributed by atoms with Crippen molar-refractivity contribution in [1.82, 2.24) is 19.4 Å². The van der Waals surface area contributed by atoms with Crippen molar-refractivity contribution in [2.24, 2.45) is 7.05 Å². The molecule has 1 aliphatic rings. The molecule has 1 aliphatic heterocycles. The Hall–Kier alpha value is -2.90. The Labute approximate surface area is 171 Å². The lowest BCUT2D eigenvalue weighted by Crippen LogP contribution is -2.49. The molecule has 1 fully saturated rings. The molecule has 0 N–H and O–H groups in total. The van der Waals surface area contributed by atoms with E-state index in [1.54, 1.807) is 25.4 Å². The van der Waals surface area contributed by atoms with Crippen LogP contribution in [0.15, 0.2) is 18.5 Å². The van der Waals surface area contributed by atoms with E-state index in [2.05, 4.69) is 14.9 Å². The van der Waals surface area contributed by atoms with E-state index in [0.717, 1.165) is 30.0 Å². The molecule has 0 bridgehead atoms. The van der Waals surface area contributed by atoms with Crippen molar-refractivity contribution < 1.29 is 14.3 Å². The summed E-state index contributed by atoms with van der Waals surface area (Å²) >= 11 is 0. The van der Waals surface area contributed by atoms with Crippen molar-refractivity contribution in [2.45, 2.75) is 33.6 Å². The van der Waals surface area contributed by atoms with Gasteiger partial charge in [0.1, 0.15) is 0 Å². The van der Waals surface area contributed by atoms with Gasteiger partial charge in [0.2, 0.25) is 11.9 Å². The van der Waals surface area contributed by atoms with Gasteiger partial charge in [-0.1, -0.05) is 0 Å². The Balaban J connectivity index is 1.59. The maximum Gasteiger partial charge on any atom is 0.340 e. The largest absolute Gasteiger partial charge is 0.462 e. The number of hydrogen-bond acceptors (Lipinski definition) is 6. The van der Waals surface area contributed by atoms with Gasteiger partial charge < -0.3 is 19.1 Å². The standard InChI is InChI=1S/C21H29N5O3/c1-5-29-20(28)19-15(2)17(24(4)16(19)3)7-8-18(27)25-11-13-26(14-12-25)21-22-9-6-10-23-21/h6,9-10H,5,7-8,11-14H2,1-4H3. The average Bonchev–Trinajstić information content (AvgIpc) is 2.95. The topological polar surface area (TPSA) is 80.6 Å². The van der Waals surface area contributed by atoms with Crippen molar-refractivity contribution in [3.05, 3.63) is 41.0 Å². The second-order valence-corrected chi connectivity index (χ2v) is 7.23. The van der Waals surface area contributed by atoms with E-state index in [0.29, 0.717) is 44.0 Å². The number of hydrogen-bond donors (Lipinski definition) is 0. The van der Waals surface area contributed by atoms with Crippen molar-refractivity contribution in [3.63, 3.8) is 0 Å². The number of aromatic nitrogens is 3. The van der Waals surface area contributed by atoms with E-state index in [4.69, 9.17) is 4.74 Å². The summed E-state index contributed by atoms with van der Waals surface area (Å²) in [5.74, 6) is 0.547. The molecule has 0 unspecified atom stereocenters. The molecule has 2 aromatic rings. The summed E-state index contributed by atoms with van der Waals surface area (Å²) < 4.78 is 7.18. The second-order valence-electron chi connectivity index (χ2n) is 7.23. The summed E-state index contributed by atoms with van der Waals surface area (Å²) in [7, 11) is 1.93. The fourth-order valence-electron chi connectivity index (χ4n) is 3.89. The Morgan fingerprint density at radius 2 is 1.76 bits per heavy atom. The van der Waals surface area contributed by atoms with Gasteiger partial charge in [0, 0.05) is 63.4 Å².